The molecule has 0 aliphatic carbocycles. The number of rotatable bonds is 5. The number of nitrogens with zero attached hydrogens (tertiary/aromatic N) is 4. The Morgan fingerprint density at radius 3 is 2.50 bits per heavy atom. The number of piperidine rings is 2. The van der Waals surface area contributed by atoms with E-state index in [0.29, 0.717) is 23.0 Å². The molecule has 1 aromatic rings. The molecular formula is C21H36N6S. The molecule has 0 radical (unpaired) electrons. The SMILES string of the molecule is CC(C)CNC(=S)Nc1nc(N2CCC(C)CC2)cc(N2CCCC[C@H]2C)n1. The number of nitrogens with one attached hydrogen (secondary N) is 2. The van der Waals surface area contributed by atoms with Crippen molar-refractivity contribution in [3.8, 4) is 0 Å². The topological polar surface area (TPSA) is 56.3 Å². The molecule has 2 aliphatic rings. The van der Waals surface area contributed by atoms with Crippen molar-refractivity contribution >= 4 is 34.9 Å². The molecule has 0 amide bonds. The highest BCUT2D eigenvalue weighted by Gasteiger charge is 2.24. The van der Waals surface area contributed by atoms with Gasteiger partial charge in [-0.3, -0.25) is 0 Å². The van der Waals surface area contributed by atoms with Crippen LogP contribution in [0.1, 0.15) is 59.8 Å². The fraction of sp³-hybridized carbons (Fsp3) is 0.762. The van der Waals surface area contributed by atoms with Crippen LogP contribution in [0.25, 0.3) is 0 Å². The number of anilines is 3. The monoisotopic (exact) mass is 404 g/mol. The van der Waals surface area contributed by atoms with Crippen LogP contribution in [0.2, 0.25) is 0 Å². The fourth-order valence-electron chi connectivity index (χ4n) is 3.91. The van der Waals surface area contributed by atoms with Gasteiger partial charge in [0.2, 0.25) is 5.95 Å². The zero-order valence-electron chi connectivity index (χ0n) is 17.9. The maximum absolute atomic E-state index is 5.46. The van der Waals surface area contributed by atoms with Gasteiger partial charge in [0.15, 0.2) is 5.11 Å². The van der Waals surface area contributed by atoms with E-state index in [2.05, 4.69) is 54.2 Å². The standard InChI is InChI=1S/C21H36N6S/c1-15(2)14-22-21(28)25-20-23-18(26-11-8-16(3)9-12-26)13-19(24-20)27-10-6-5-7-17(27)4/h13,15-17H,5-12,14H2,1-4H3,(H2,22,23,24,25,28)/t17-/m1/s1. The first-order valence-electron chi connectivity index (χ1n) is 10.9. The largest absolute Gasteiger partial charge is 0.362 e. The summed E-state index contributed by atoms with van der Waals surface area (Å²) < 4.78 is 0. The molecule has 3 heterocycles. The van der Waals surface area contributed by atoms with Gasteiger partial charge in [0.05, 0.1) is 0 Å². The first kappa shape index (κ1) is 21.1. The molecule has 0 unspecified atom stereocenters. The van der Waals surface area contributed by atoms with Gasteiger partial charge in [-0.1, -0.05) is 20.8 Å². The molecule has 0 spiro atoms. The lowest BCUT2D eigenvalue weighted by atomic mass is 9.99. The van der Waals surface area contributed by atoms with Crippen LogP contribution in [-0.4, -0.2) is 47.3 Å². The predicted octanol–water partition coefficient (Wildman–Crippen LogP) is 4.03. The third-order valence-corrected chi connectivity index (χ3v) is 6.05. The zero-order chi connectivity index (χ0) is 20.1. The van der Waals surface area contributed by atoms with Crippen LogP contribution in [0.4, 0.5) is 17.6 Å². The van der Waals surface area contributed by atoms with Gasteiger partial charge in [0, 0.05) is 38.3 Å². The molecule has 6 nitrogen and oxygen atoms in total. The first-order chi connectivity index (χ1) is 13.4. The second-order valence-corrected chi connectivity index (χ2v) is 9.25. The van der Waals surface area contributed by atoms with Gasteiger partial charge < -0.3 is 20.4 Å². The molecule has 7 heteroatoms. The average molecular weight is 405 g/mol. The quantitative estimate of drug-likeness (QED) is 0.719. The maximum Gasteiger partial charge on any atom is 0.232 e. The van der Waals surface area contributed by atoms with E-state index in [1.165, 1.54) is 32.1 Å². The van der Waals surface area contributed by atoms with Crippen molar-refractivity contribution in [1.82, 2.24) is 15.3 Å². The van der Waals surface area contributed by atoms with Gasteiger partial charge in [-0.05, 0) is 63.1 Å². The average Bonchev–Trinajstić information content (AvgIpc) is 2.67. The number of hydrogen-bond donors (Lipinski definition) is 2. The van der Waals surface area contributed by atoms with Crippen molar-refractivity contribution in [3.05, 3.63) is 6.07 Å². The van der Waals surface area contributed by atoms with E-state index in [0.717, 1.165) is 43.7 Å². The predicted molar refractivity (Wildman–Crippen MR) is 122 cm³/mol. The van der Waals surface area contributed by atoms with Gasteiger partial charge in [-0.25, -0.2) is 0 Å². The Morgan fingerprint density at radius 2 is 1.82 bits per heavy atom. The van der Waals surface area contributed by atoms with E-state index in [9.17, 15) is 0 Å². The van der Waals surface area contributed by atoms with E-state index in [4.69, 9.17) is 22.2 Å². The summed E-state index contributed by atoms with van der Waals surface area (Å²) in [6, 6.07) is 2.69. The Balaban J connectivity index is 1.82. The molecular weight excluding hydrogens is 368 g/mol. The summed E-state index contributed by atoms with van der Waals surface area (Å²) in [5.41, 5.74) is 0. The van der Waals surface area contributed by atoms with Crippen LogP contribution in [-0.2, 0) is 0 Å². The van der Waals surface area contributed by atoms with Crippen LogP contribution in [0, 0.1) is 11.8 Å². The van der Waals surface area contributed by atoms with E-state index in [1.807, 2.05) is 0 Å². The Bertz CT molecular complexity index is 656. The van der Waals surface area contributed by atoms with Crippen LogP contribution >= 0.6 is 12.2 Å². The number of aromatic nitrogens is 2. The maximum atomic E-state index is 5.46. The van der Waals surface area contributed by atoms with Crippen LogP contribution in [0.15, 0.2) is 6.07 Å². The van der Waals surface area contributed by atoms with E-state index in [1.54, 1.807) is 0 Å². The highest BCUT2D eigenvalue weighted by Crippen LogP contribution is 2.29. The highest BCUT2D eigenvalue weighted by molar-refractivity contribution is 7.80. The van der Waals surface area contributed by atoms with Crippen molar-refractivity contribution < 1.29 is 0 Å². The molecule has 156 valence electrons. The molecule has 0 saturated carbocycles. The van der Waals surface area contributed by atoms with E-state index in [-0.39, 0.29) is 0 Å². The van der Waals surface area contributed by atoms with Crippen LogP contribution in [0.5, 0.6) is 0 Å². The summed E-state index contributed by atoms with van der Waals surface area (Å²) in [5, 5.41) is 7.07. The summed E-state index contributed by atoms with van der Waals surface area (Å²) in [7, 11) is 0. The van der Waals surface area contributed by atoms with Crippen molar-refractivity contribution in [2.75, 3.05) is 41.3 Å². The zero-order valence-corrected chi connectivity index (χ0v) is 18.7. The van der Waals surface area contributed by atoms with E-state index < -0.39 is 0 Å². The molecule has 2 saturated heterocycles. The summed E-state index contributed by atoms with van der Waals surface area (Å²) in [6.45, 7) is 13.0. The van der Waals surface area contributed by atoms with Crippen LogP contribution < -0.4 is 20.4 Å². The van der Waals surface area contributed by atoms with Crippen molar-refractivity contribution in [2.24, 2.45) is 11.8 Å². The molecule has 0 aromatic carbocycles. The second kappa shape index (κ2) is 9.72. The van der Waals surface area contributed by atoms with Gasteiger partial charge in [-0.2, -0.15) is 9.97 Å². The minimum atomic E-state index is 0.511. The van der Waals surface area contributed by atoms with Gasteiger partial charge >= 0.3 is 0 Å². The molecule has 1 aromatic heterocycles. The molecule has 2 aliphatic heterocycles. The van der Waals surface area contributed by atoms with Crippen molar-refractivity contribution in [3.63, 3.8) is 0 Å². The molecule has 0 bridgehead atoms. The molecule has 2 fully saturated rings. The smallest absolute Gasteiger partial charge is 0.232 e. The van der Waals surface area contributed by atoms with Crippen LogP contribution in [0.3, 0.4) is 0 Å². The third kappa shape index (κ3) is 5.69. The Kier molecular flexibility index (Phi) is 7.32. The molecule has 2 N–H and O–H groups in total. The van der Waals surface area contributed by atoms with Gasteiger partial charge in [-0.15, -0.1) is 0 Å². The summed E-state index contributed by atoms with van der Waals surface area (Å²) in [4.78, 5) is 14.5. The van der Waals surface area contributed by atoms with Crippen molar-refractivity contribution in [2.45, 2.75) is 65.8 Å². The Hall–Kier alpha value is -1.63. The molecule has 1 atom stereocenters. The summed E-state index contributed by atoms with van der Waals surface area (Å²) in [5.74, 6) is 3.97. The lowest BCUT2D eigenvalue weighted by molar-refractivity contribution is 0.436. The Labute approximate surface area is 175 Å². The normalized spacial score (nSPS) is 21.1. The molecule has 3 rings (SSSR count). The third-order valence-electron chi connectivity index (χ3n) is 5.80. The lowest BCUT2D eigenvalue weighted by Gasteiger charge is -2.36. The minimum absolute atomic E-state index is 0.511. The van der Waals surface area contributed by atoms with E-state index >= 15 is 0 Å². The summed E-state index contributed by atoms with van der Waals surface area (Å²) >= 11 is 5.46. The second-order valence-electron chi connectivity index (χ2n) is 8.84. The van der Waals surface area contributed by atoms with Gasteiger partial charge in [0.25, 0.3) is 0 Å². The first-order valence-corrected chi connectivity index (χ1v) is 11.3. The molecule has 28 heavy (non-hydrogen) atoms. The number of thiocarbonyl (C=S) groups is 1. The Morgan fingerprint density at radius 1 is 1.11 bits per heavy atom. The fourth-order valence-corrected chi connectivity index (χ4v) is 4.08. The summed E-state index contributed by atoms with van der Waals surface area (Å²) in [6.07, 6.45) is 6.18. The highest BCUT2D eigenvalue weighted by atomic mass is 32.1. The minimum Gasteiger partial charge on any atom is -0.362 e. The van der Waals surface area contributed by atoms with Crippen molar-refractivity contribution in [1.29, 1.82) is 0 Å². The number of hydrogen-bond acceptors (Lipinski definition) is 5. The van der Waals surface area contributed by atoms with Gasteiger partial charge in [0.1, 0.15) is 11.6 Å². The lowest BCUT2D eigenvalue weighted by Crippen LogP contribution is -2.39.